The summed E-state index contributed by atoms with van der Waals surface area (Å²) in [7, 11) is 0. The van der Waals surface area contributed by atoms with Crippen molar-refractivity contribution in [1.29, 1.82) is 0 Å². The third kappa shape index (κ3) is 6.95. The van der Waals surface area contributed by atoms with E-state index in [1.807, 2.05) is 0 Å². The average Bonchev–Trinajstić information content (AvgIpc) is 2.39. The molecule has 2 atom stereocenters. The molecule has 0 spiro atoms. The van der Waals surface area contributed by atoms with Crippen molar-refractivity contribution >= 4 is 24.2 Å². The molecule has 0 bridgehead atoms. The van der Waals surface area contributed by atoms with Crippen molar-refractivity contribution in [2.75, 3.05) is 6.61 Å². The molecule has 0 saturated carbocycles. The highest BCUT2D eigenvalue weighted by molar-refractivity contribution is 5.89. The molecule has 0 aromatic heterocycles. The largest absolute Gasteiger partial charge is 0.466 e. The molecule has 0 aliphatic carbocycles. The summed E-state index contributed by atoms with van der Waals surface area (Å²) < 4.78 is 4.29. The molecule has 0 aromatic rings. The van der Waals surface area contributed by atoms with E-state index in [9.17, 15) is 19.2 Å². The van der Waals surface area contributed by atoms with Gasteiger partial charge >= 0.3 is 0 Å². The van der Waals surface area contributed by atoms with Crippen LogP contribution in [0.2, 0.25) is 0 Å². The Morgan fingerprint density at radius 2 is 1.95 bits per heavy atom. The molecule has 0 aliphatic rings. The molecule has 3 amide bonds. The fourth-order valence-electron chi connectivity index (χ4n) is 1.13. The Labute approximate surface area is 108 Å². The van der Waals surface area contributed by atoms with Gasteiger partial charge in [-0.15, -0.1) is 0 Å². The number of hydroxylamine groups is 1. The van der Waals surface area contributed by atoms with Gasteiger partial charge in [-0.2, -0.15) is 0 Å². The topological polar surface area (TPSA) is 174 Å². The first-order chi connectivity index (χ1) is 8.92. The highest BCUT2D eigenvalue weighted by Crippen LogP contribution is 1.98. The van der Waals surface area contributed by atoms with Gasteiger partial charge in [-0.05, 0) is 6.42 Å². The van der Waals surface area contributed by atoms with Crippen molar-refractivity contribution in [2.24, 2.45) is 11.5 Å². The first-order valence-electron chi connectivity index (χ1n) is 5.25. The lowest BCUT2D eigenvalue weighted by Gasteiger charge is -2.18. The number of carbonyl (C=O) groups excluding carboxylic acids is 4. The van der Waals surface area contributed by atoms with Gasteiger partial charge in [0.25, 0.3) is 12.4 Å². The molecule has 0 aliphatic heterocycles. The van der Waals surface area contributed by atoms with E-state index in [0.717, 1.165) is 0 Å². The molecule has 7 N–H and O–H groups in total. The van der Waals surface area contributed by atoms with Crippen LogP contribution in [0.5, 0.6) is 0 Å². The molecule has 1 unspecified atom stereocenters. The summed E-state index contributed by atoms with van der Waals surface area (Å²) in [6.07, 6.45) is -0.271. The standard InChI is InChI=1S/C9H16N4O6/c10-5(3-19-4-14)8(16)12-6(9(17)13-18)1-2-7(11)15/h4-6,18H,1-3,10H2,(H2,11,15)(H,12,16)(H,13,17)/t5?,6-/m0/s1. The van der Waals surface area contributed by atoms with Gasteiger partial charge in [0.2, 0.25) is 11.8 Å². The fraction of sp³-hybridized carbons (Fsp3) is 0.556. The van der Waals surface area contributed by atoms with Gasteiger partial charge in [0.05, 0.1) is 0 Å². The van der Waals surface area contributed by atoms with Crippen LogP contribution in [0.3, 0.4) is 0 Å². The zero-order valence-electron chi connectivity index (χ0n) is 10.00. The van der Waals surface area contributed by atoms with Crippen molar-refractivity contribution in [3.8, 4) is 0 Å². The minimum Gasteiger partial charge on any atom is -0.466 e. The second-order valence-electron chi connectivity index (χ2n) is 3.58. The van der Waals surface area contributed by atoms with Crippen LogP contribution >= 0.6 is 0 Å². The minimum absolute atomic E-state index is 0.102. The molecule has 0 rings (SSSR count). The Kier molecular flexibility index (Phi) is 7.81. The van der Waals surface area contributed by atoms with E-state index in [2.05, 4.69) is 10.1 Å². The molecule has 0 heterocycles. The maximum Gasteiger partial charge on any atom is 0.293 e. The number of rotatable bonds is 9. The number of hydrogen-bond donors (Lipinski definition) is 5. The van der Waals surface area contributed by atoms with Gasteiger partial charge in [0, 0.05) is 6.42 Å². The molecular weight excluding hydrogens is 260 g/mol. The van der Waals surface area contributed by atoms with Crippen LogP contribution in [0.25, 0.3) is 0 Å². The summed E-state index contributed by atoms with van der Waals surface area (Å²) in [6.45, 7) is -0.239. The van der Waals surface area contributed by atoms with Crippen LogP contribution in [0.1, 0.15) is 12.8 Å². The van der Waals surface area contributed by atoms with Crippen molar-refractivity contribution < 1.29 is 29.1 Å². The van der Waals surface area contributed by atoms with Gasteiger partial charge in [-0.3, -0.25) is 24.4 Å². The number of primary amides is 1. The monoisotopic (exact) mass is 276 g/mol. The smallest absolute Gasteiger partial charge is 0.293 e. The number of nitrogens with one attached hydrogen (secondary N) is 2. The Hall–Kier alpha value is -2.20. The molecule has 0 radical (unpaired) electrons. The van der Waals surface area contributed by atoms with Crippen molar-refractivity contribution in [3.05, 3.63) is 0 Å². The Bertz CT molecular complexity index is 348. The molecule has 19 heavy (non-hydrogen) atoms. The van der Waals surface area contributed by atoms with E-state index in [0.29, 0.717) is 0 Å². The molecule has 10 nitrogen and oxygen atoms in total. The Morgan fingerprint density at radius 3 is 2.42 bits per heavy atom. The third-order valence-corrected chi connectivity index (χ3v) is 2.10. The third-order valence-electron chi connectivity index (χ3n) is 2.10. The maximum absolute atomic E-state index is 11.5. The second-order valence-corrected chi connectivity index (χ2v) is 3.58. The normalized spacial score (nSPS) is 12.9. The van der Waals surface area contributed by atoms with Crippen LogP contribution < -0.4 is 22.3 Å². The van der Waals surface area contributed by atoms with Crippen LogP contribution in [-0.4, -0.2) is 48.1 Å². The zero-order valence-corrected chi connectivity index (χ0v) is 10.00. The molecule has 0 saturated heterocycles. The summed E-state index contributed by atoms with van der Waals surface area (Å²) in [5.74, 6) is -2.36. The first-order valence-corrected chi connectivity index (χ1v) is 5.25. The molecular formula is C9H16N4O6. The predicted molar refractivity (Wildman–Crippen MR) is 60.3 cm³/mol. The van der Waals surface area contributed by atoms with Crippen molar-refractivity contribution in [3.63, 3.8) is 0 Å². The van der Waals surface area contributed by atoms with Gasteiger partial charge in [0.15, 0.2) is 0 Å². The van der Waals surface area contributed by atoms with E-state index < -0.39 is 29.8 Å². The summed E-state index contributed by atoms with van der Waals surface area (Å²) in [6, 6.07) is -2.35. The zero-order chi connectivity index (χ0) is 14.8. The highest BCUT2D eigenvalue weighted by Gasteiger charge is 2.24. The van der Waals surface area contributed by atoms with Gasteiger partial charge in [-0.25, -0.2) is 5.48 Å². The number of hydrogen-bond acceptors (Lipinski definition) is 7. The highest BCUT2D eigenvalue weighted by atomic mass is 16.5. The molecule has 0 fully saturated rings. The maximum atomic E-state index is 11.5. The summed E-state index contributed by atoms with van der Waals surface area (Å²) >= 11 is 0. The Morgan fingerprint density at radius 1 is 1.32 bits per heavy atom. The molecule has 10 heteroatoms. The van der Waals surface area contributed by atoms with Gasteiger partial charge in [-0.1, -0.05) is 0 Å². The predicted octanol–water partition coefficient (Wildman–Crippen LogP) is -3.26. The van der Waals surface area contributed by atoms with E-state index in [4.69, 9.17) is 16.7 Å². The second kappa shape index (κ2) is 8.83. The first kappa shape index (κ1) is 16.8. The van der Waals surface area contributed by atoms with Crippen LogP contribution in [-0.2, 0) is 23.9 Å². The van der Waals surface area contributed by atoms with Crippen LogP contribution in [0.15, 0.2) is 0 Å². The number of ether oxygens (including phenoxy) is 1. The minimum atomic E-state index is -1.17. The van der Waals surface area contributed by atoms with Crippen molar-refractivity contribution in [1.82, 2.24) is 10.8 Å². The lowest BCUT2D eigenvalue weighted by atomic mass is 10.1. The Balaban J connectivity index is 4.44. The van der Waals surface area contributed by atoms with Crippen LogP contribution in [0.4, 0.5) is 0 Å². The average molecular weight is 276 g/mol. The summed E-state index contributed by atoms with van der Waals surface area (Å²) in [4.78, 5) is 43.3. The van der Waals surface area contributed by atoms with E-state index >= 15 is 0 Å². The van der Waals surface area contributed by atoms with Crippen molar-refractivity contribution in [2.45, 2.75) is 24.9 Å². The quantitative estimate of drug-likeness (QED) is 0.167. The van der Waals surface area contributed by atoms with E-state index in [1.165, 1.54) is 5.48 Å². The molecule has 108 valence electrons. The molecule has 0 aromatic carbocycles. The van der Waals surface area contributed by atoms with E-state index in [-0.39, 0.29) is 25.9 Å². The fourth-order valence-corrected chi connectivity index (χ4v) is 1.13. The number of carbonyl (C=O) groups is 4. The lowest BCUT2D eigenvalue weighted by molar-refractivity contribution is -0.137. The van der Waals surface area contributed by atoms with E-state index in [1.54, 1.807) is 0 Å². The number of amides is 3. The lowest BCUT2D eigenvalue weighted by Crippen LogP contribution is -2.52. The SMILES string of the molecule is NC(=O)CC[C@H](NC(=O)C(N)COC=O)C(=O)NO. The summed E-state index contributed by atoms with van der Waals surface area (Å²) in [5, 5.41) is 10.7. The van der Waals surface area contributed by atoms with Crippen LogP contribution in [0, 0.1) is 0 Å². The van der Waals surface area contributed by atoms with Gasteiger partial charge in [0.1, 0.15) is 18.7 Å². The number of nitrogens with two attached hydrogens (primary N) is 2. The van der Waals surface area contributed by atoms with Gasteiger partial charge < -0.3 is 21.5 Å². The summed E-state index contributed by atoms with van der Waals surface area (Å²) in [5.41, 5.74) is 11.6.